The second kappa shape index (κ2) is 3.39. The largest absolute Gasteiger partial charge is 0.392 e. The molecule has 74 valence electrons. The molecule has 0 unspecified atom stereocenters. The summed E-state index contributed by atoms with van der Waals surface area (Å²) in [4.78, 5) is 0. The molecule has 1 atom stereocenters. The number of rotatable bonds is 1. The Bertz CT molecular complexity index is 383. The van der Waals surface area contributed by atoms with E-state index in [4.69, 9.17) is 16.7 Å². The van der Waals surface area contributed by atoms with Crippen molar-refractivity contribution >= 4 is 17.2 Å². The molecular formula is C11H11ClO2. The van der Waals surface area contributed by atoms with Gasteiger partial charge in [0.25, 0.3) is 0 Å². The molecule has 0 saturated heterocycles. The van der Waals surface area contributed by atoms with Crippen molar-refractivity contribution in [2.24, 2.45) is 0 Å². The molecular weight excluding hydrogens is 200 g/mol. The first-order valence-corrected chi connectivity index (χ1v) is 4.84. The lowest BCUT2D eigenvalue weighted by molar-refractivity contribution is 0.130. The number of alkyl halides is 1. The van der Waals surface area contributed by atoms with E-state index in [2.05, 4.69) is 0 Å². The van der Waals surface area contributed by atoms with Gasteiger partial charge in [0.1, 0.15) is 0 Å². The molecule has 2 N–H and O–H groups in total. The van der Waals surface area contributed by atoms with Gasteiger partial charge in [0.2, 0.25) is 0 Å². The minimum atomic E-state index is -1.32. The van der Waals surface area contributed by atoms with E-state index in [1.807, 2.05) is 18.2 Å². The highest BCUT2D eigenvalue weighted by atomic mass is 35.5. The highest BCUT2D eigenvalue weighted by Crippen LogP contribution is 2.39. The van der Waals surface area contributed by atoms with Crippen LogP contribution in [0.3, 0.4) is 0 Å². The summed E-state index contributed by atoms with van der Waals surface area (Å²) in [6, 6.07) is 7.32. The smallest absolute Gasteiger partial charge is 0.168 e. The standard InChI is InChI=1S/C11H11ClO2/c12-11(14)6-5-8(7-13)9-3-1-2-4-10(9)11/h1-5,13-14H,6-7H2/t11-/m0/s1. The zero-order chi connectivity index (χ0) is 10.2. The van der Waals surface area contributed by atoms with Crippen LogP contribution in [0, 0.1) is 0 Å². The minimum Gasteiger partial charge on any atom is -0.392 e. The average molecular weight is 211 g/mol. The van der Waals surface area contributed by atoms with E-state index in [9.17, 15) is 5.11 Å². The Labute approximate surface area is 87.5 Å². The SMILES string of the molecule is OCC1=CC[C@@](O)(Cl)c2ccccc21. The molecule has 0 saturated carbocycles. The number of aliphatic hydroxyl groups is 2. The first-order chi connectivity index (χ1) is 6.65. The first-order valence-electron chi connectivity index (χ1n) is 4.46. The third-order valence-corrected chi connectivity index (χ3v) is 2.83. The Morgan fingerprint density at radius 1 is 1.36 bits per heavy atom. The molecule has 0 bridgehead atoms. The topological polar surface area (TPSA) is 40.5 Å². The highest BCUT2D eigenvalue weighted by Gasteiger charge is 2.31. The lowest BCUT2D eigenvalue weighted by Crippen LogP contribution is -2.22. The number of benzene rings is 1. The second-order valence-corrected chi connectivity index (χ2v) is 4.02. The van der Waals surface area contributed by atoms with Crippen molar-refractivity contribution in [3.63, 3.8) is 0 Å². The van der Waals surface area contributed by atoms with Crippen LogP contribution in [0.2, 0.25) is 0 Å². The molecule has 2 nitrogen and oxygen atoms in total. The van der Waals surface area contributed by atoms with Gasteiger partial charge in [0, 0.05) is 12.0 Å². The Balaban J connectivity index is 2.58. The maximum Gasteiger partial charge on any atom is 0.168 e. The molecule has 0 aliphatic heterocycles. The van der Waals surface area contributed by atoms with Crippen LogP contribution < -0.4 is 0 Å². The van der Waals surface area contributed by atoms with Gasteiger partial charge in [-0.1, -0.05) is 41.9 Å². The summed E-state index contributed by atoms with van der Waals surface area (Å²) in [5.41, 5.74) is 2.33. The fourth-order valence-electron chi connectivity index (χ4n) is 1.73. The molecule has 0 spiro atoms. The molecule has 1 aromatic carbocycles. The molecule has 1 aliphatic rings. The number of halogens is 1. The lowest BCUT2D eigenvalue weighted by atomic mass is 9.89. The van der Waals surface area contributed by atoms with Gasteiger partial charge in [-0.15, -0.1) is 0 Å². The van der Waals surface area contributed by atoms with Crippen molar-refractivity contribution in [3.8, 4) is 0 Å². The summed E-state index contributed by atoms with van der Waals surface area (Å²) in [5.74, 6) is 0. The van der Waals surface area contributed by atoms with E-state index in [1.165, 1.54) is 0 Å². The van der Waals surface area contributed by atoms with E-state index in [-0.39, 0.29) is 6.61 Å². The summed E-state index contributed by atoms with van der Waals surface area (Å²) in [6.45, 7) is -0.0238. The molecule has 3 heteroatoms. The molecule has 1 aliphatic carbocycles. The van der Waals surface area contributed by atoms with Crippen LogP contribution in [0.15, 0.2) is 30.3 Å². The van der Waals surface area contributed by atoms with Crippen LogP contribution in [0.5, 0.6) is 0 Å². The lowest BCUT2D eigenvalue weighted by Gasteiger charge is -2.27. The van der Waals surface area contributed by atoms with Crippen LogP contribution in [-0.4, -0.2) is 16.8 Å². The van der Waals surface area contributed by atoms with Crippen molar-refractivity contribution in [3.05, 3.63) is 41.5 Å². The first kappa shape index (κ1) is 9.71. The molecule has 14 heavy (non-hydrogen) atoms. The van der Waals surface area contributed by atoms with Crippen LogP contribution >= 0.6 is 11.6 Å². The zero-order valence-corrected chi connectivity index (χ0v) is 8.33. The molecule has 0 fully saturated rings. The normalized spacial score (nSPS) is 25.5. The van der Waals surface area contributed by atoms with Crippen molar-refractivity contribution in [2.75, 3.05) is 6.61 Å². The van der Waals surface area contributed by atoms with Gasteiger partial charge in [-0.05, 0) is 11.1 Å². The molecule has 1 aromatic rings. The average Bonchev–Trinajstić information content (AvgIpc) is 2.18. The van der Waals surface area contributed by atoms with Gasteiger partial charge in [0.15, 0.2) is 5.06 Å². The minimum absolute atomic E-state index is 0.0238. The van der Waals surface area contributed by atoms with E-state index < -0.39 is 5.06 Å². The fourth-order valence-corrected chi connectivity index (χ4v) is 1.97. The third-order valence-electron chi connectivity index (χ3n) is 2.48. The second-order valence-electron chi connectivity index (χ2n) is 3.40. The molecule has 2 rings (SSSR count). The number of fused-ring (bicyclic) bond motifs is 1. The van der Waals surface area contributed by atoms with Gasteiger partial charge in [0.05, 0.1) is 6.61 Å². The van der Waals surface area contributed by atoms with E-state index >= 15 is 0 Å². The van der Waals surface area contributed by atoms with E-state index in [1.54, 1.807) is 12.1 Å². The monoisotopic (exact) mass is 210 g/mol. The van der Waals surface area contributed by atoms with Crippen molar-refractivity contribution < 1.29 is 10.2 Å². The van der Waals surface area contributed by atoms with Crippen LogP contribution in [-0.2, 0) is 5.06 Å². The van der Waals surface area contributed by atoms with E-state index in [0.717, 1.165) is 11.1 Å². The van der Waals surface area contributed by atoms with Gasteiger partial charge in [-0.2, -0.15) is 0 Å². The molecule has 0 heterocycles. The maximum atomic E-state index is 9.88. The van der Waals surface area contributed by atoms with Crippen LogP contribution in [0.25, 0.3) is 5.57 Å². The Morgan fingerprint density at radius 2 is 2.07 bits per heavy atom. The van der Waals surface area contributed by atoms with Gasteiger partial charge in [-0.25, -0.2) is 0 Å². The number of hydrogen-bond donors (Lipinski definition) is 2. The molecule has 0 amide bonds. The summed E-state index contributed by atoms with van der Waals surface area (Å²) in [6.07, 6.45) is 2.11. The van der Waals surface area contributed by atoms with Crippen molar-refractivity contribution in [2.45, 2.75) is 11.5 Å². The Kier molecular flexibility index (Phi) is 2.35. The fraction of sp³-hybridized carbons (Fsp3) is 0.273. The highest BCUT2D eigenvalue weighted by molar-refractivity contribution is 6.23. The summed E-state index contributed by atoms with van der Waals surface area (Å²) in [5, 5.41) is 17.7. The van der Waals surface area contributed by atoms with Gasteiger partial charge in [-0.3, -0.25) is 0 Å². The van der Waals surface area contributed by atoms with Gasteiger partial charge >= 0.3 is 0 Å². The number of aliphatic hydroxyl groups excluding tert-OH is 1. The number of hydrogen-bond acceptors (Lipinski definition) is 2. The maximum absolute atomic E-state index is 9.88. The van der Waals surface area contributed by atoms with Crippen LogP contribution in [0.4, 0.5) is 0 Å². The summed E-state index contributed by atoms with van der Waals surface area (Å²) >= 11 is 5.95. The molecule has 0 aromatic heterocycles. The van der Waals surface area contributed by atoms with Gasteiger partial charge < -0.3 is 10.2 Å². The van der Waals surface area contributed by atoms with Crippen molar-refractivity contribution in [1.29, 1.82) is 0 Å². The molecule has 0 radical (unpaired) electrons. The van der Waals surface area contributed by atoms with E-state index in [0.29, 0.717) is 12.0 Å². The summed E-state index contributed by atoms with van der Waals surface area (Å²) in [7, 11) is 0. The van der Waals surface area contributed by atoms with Crippen molar-refractivity contribution in [1.82, 2.24) is 0 Å². The zero-order valence-electron chi connectivity index (χ0n) is 7.57. The third kappa shape index (κ3) is 1.46. The quantitative estimate of drug-likeness (QED) is 0.695. The predicted molar refractivity (Wildman–Crippen MR) is 55.9 cm³/mol. The predicted octanol–water partition coefficient (Wildman–Crippen LogP) is 1.85. The van der Waals surface area contributed by atoms with Crippen LogP contribution in [0.1, 0.15) is 17.5 Å². The summed E-state index contributed by atoms with van der Waals surface area (Å²) < 4.78 is 0. The Hall–Kier alpha value is -0.830. The Morgan fingerprint density at radius 3 is 2.79 bits per heavy atom.